The minimum Gasteiger partial charge on any atom is -0.381 e. The SMILES string of the molecule is CCNC1(CN)CCCOCC1. The molecule has 0 aromatic carbocycles. The van der Waals surface area contributed by atoms with E-state index < -0.39 is 0 Å². The Morgan fingerprint density at radius 3 is 2.92 bits per heavy atom. The Labute approximate surface area is 74.7 Å². The Hall–Kier alpha value is -0.120. The first-order valence-electron chi connectivity index (χ1n) is 4.86. The summed E-state index contributed by atoms with van der Waals surface area (Å²) in [6.45, 7) is 5.60. The van der Waals surface area contributed by atoms with Crippen molar-refractivity contribution in [3.05, 3.63) is 0 Å². The molecular weight excluding hydrogens is 152 g/mol. The van der Waals surface area contributed by atoms with Gasteiger partial charge in [0.25, 0.3) is 0 Å². The van der Waals surface area contributed by atoms with Crippen molar-refractivity contribution in [1.29, 1.82) is 0 Å². The Morgan fingerprint density at radius 1 is 1.42 bits per heavy atom. The van der Waals surface area contributed by atoms with Crippen LogP contribution in [0.1, 0.15) is 26.2 Å². The second kappa shape index (κ2) is 4.80. The third kappa shape index (κ3) is 2.44. The summed E-state index contributed by atoms with van der Waals surface area (Å²) in [5.74, 6) is 0. The lowest BCUT2D eigenvalue weighted by Crippen LogP contribution is -2.51. The van der Waals surface area contributed by atoms with E-state index in [0.29, 0.717) is 0 Å². The molecule has 1 atom stereocenters. The average Bonchev–Trinajstić information content (AvgIpc) is 2.32. The van der Waals surface area contributed by atoms with E-state index in [1.165, 1.54) is 0 Å². The minimum atomic E-state index is 0.158. The Kier molecular flexibility index (Phi) is 3.98. The lowest BCUT2D eigenvalue weighted by Gasteiger charge is -2.31. The molecule has 3 N–H and O–H groups in total. The Balaban J connectivity index is 2.48. The molecule has 0 aromatic rings. The maximum atomic E-state index is 5.78. The van der Waals surface area contributed by atoms with Crippen molar-refractivity contribution in [2.45, 2.75) is 31.7 Å². The second-order valence-corrected chi connectivity index (χ2v) is 3.48. The van der Waals surface area contributed by atoms with Gasteiger partial charge in [-0.15, -0.1) is 0 Å². The molecule has 1 saturated heterocycles. The number of hydrogen-bond acceptors (Lipinski definition) is 3. The van der Waals surface area contributed by atoms with E-state index >= 15 is 0 Å². The molecule has 1 unspecified atom stereocenters. The predicted octanol–water partition coefficient (Wildman–Crippen LogP) is 0.494. The molecule has 0 bridgehead atoms. The molecule has 1 aliphatic heterocycles. The normalized spacial score (nSPS) is 31.5. The van der Waals surface area contributed by atoms with E-state index in [9.17, 15) is 0 Å². The molecule has 72 valence electrons. The molecular formula is C9H20N2O. The smallest absolute Gasteiger partial charge is 0.0484 e. The zero-order valence-electron chi connectivity index (χ0n) is 7.94. The van der Waals surface area contributed by atoms with Crippen LogP contribution < -0.4 is 11.1 Å². The summed E-state index contributed by atoms with van der Waals surface area (Å²) in [6, 6.07) is 0. The zero-order valence-corrected chi connectivity index (χ0v) is 7.94. The van der Waals surface area contributed by atoms with Gasteiger partial charge < -0.3 is 15.8 Å². The highest BCUT2D eigenvalue weighted by molar-refractivity contribution is 4.89. The van der Waals surface area contributed by atoms with Crippen molar-refractivity contribution in [3.63, 3.8) is 0 Å². The molecule has 12 heavy (non-hydrogen) atoms. The van der Waals surface area contributed by atoms with Crippen molar-refractivity contribution in [2.24, 2.45) is 5.73 Å². The maximum absolute atomic E-state index is 5.78. The van der Waals surface area contributed by atoms with Gasteiger partial charge in [0, 0.05) is 25.3 Å². The molecule has 1 rings (SSSR count). The highest BCUT2D eigenvalue weighted by Crippen LogP contribution is 2.19. The lowest BCUT2D eigenvalue weighted by atomic mass is 9.91. The van der Waals surface area contributed by atoms with Crippen LogP contribution in [-0.4, -0.2) is 31.8 Å². The number of likely N-dealkylation sites (N-methyl/N-ethyl adjacent to an activating group) is 1. The predicted molar refractivity (Wildman–Crippen MR) is 50.1 cm³/mol. The molecule has 0 aromatic heterocycles. The summed E-state index contributed by atoms with van der Waals surface area (Å²) in [6.07, 6.45) is 3.33. The van der Waals surface area contributed by atoms with Crippen LogP contribution in [0.2, 0.25) is 0 Å². The third-order valence-corrected chi connectivity index (χ3v) is 2.61. The van der Waals surface area contributed by atoms with Crippen molar-refractivity contribution in [1.82, 2.24) is 5.32 Å². The van der Waals surface area contributed by atoms with Crippen LogP contribution in [0.15, 0.2) is 0 Å². The molecule has 1 heterocycles. The fourth-order valence-corrected chi connectivity index (χ4v) is 1.84. The van der Waals surface area contributed by atoms with E-state index in [-0.39, 0.29) is 5.54 Å². The van der Waals surface area contributed by atoms with Gasteiger partial charge in [0.2, 0.25) is 0 Å². The second-order valence-electron chi connectivity index (χ2n) is 3.48. The molecule has 0 radical (unpaired) electrons. The quantitative estimate of drug-likeness (QED) is 0.651. The number of ether oxygens (including phenoxy) is 1. The lowest BCUT2D eigenvalue weighted by molar-refractivity contribution is 0.137. The maximum Gasteiger partial charge on any atom is 0.0484 e. The van der Waals surface area contributed by atoms with E-state index in [1.807, 2.05) is 0 Å². The van der Waals surface area contributed by atoms with Crippen LogP contribution in [0, 0.1) is 0 Å². The Morgan fingerprint density at radius 2 is 2.25 bits per heavy atom. The molecule has 0 saturated carbocycles. The number of hydrogen-bond donors (Lipinski definition) is 2. The van der Waals surface area contributed by atoms with E-state index in [1.54, 1.807) is 0 Å². The highest BCUT2D eigenvalue weighted by Gasteiger charge is 2.28. The van der Waals surface area contributed by atoms with Gasteiger partial charge in [0.05, 0.1) is 0 Å². The van der Waals surface area contributed by atoms with Gasteiger partial charge in [-0.25, -0.2) is 0 Å². The van der Waals surface area contributed by atoms with Crippen LogP contribution in [0.4, 0.5) is 0 Å². The largest absolute Gasteiger partial charge is 0.381 e. The number of nitrogens with two attached hydrogens (primary N) is 1. The number of rotatable bonds is 3. The average molecular weight is 172 g/mol. The van der Waals surface area contributed by atoms with Gasteiger partial charge in [0.1, 0.15) is 0 Å². The van der Waals surface area contributed by atoms with Gasteiger partial charge in [-0.1, -0.05) is 6.92 Å². The molecule has 0 spiro atoms. The molecule has 3 nitrogen and oxygen atoms in total. The van der Waals surface area contributed by atoms with Gasteiger partial charge in [-0.3, -0.25) is 0 Å². The van der Waals surface area contributed by atoms with E-state index in [4.69, 9.17) is 10.5 Å². The van der Waals surface area contributed by atoms with Crippen LogP contribution in [-0.2, 0) is 4.74 Å². The molecule has 0 amide bonds. The van der Waals surface area contributed by atoms with Crippen LogP contribution in [0.3, 0.4) is 0 Å². The van der Waals surface area contributed by atoms with Gasteiger partial charge in [-0.2, -0.15) is 0 Å². The van der Waals surface area contributed by atoms with Crippen molar-refractivity contribution in [2.75, 3.05) is 26.3 Å². The van der Waals surface area contributed by atoms with Gasteiger partial charge in [0.15, 0.2) is 0 Å². The van der Waals surface area contributed by atoms with Crippen LogP contribution in [0.5, 0.6) is 0 Å². The molecule has 0 aliphatic carbocycles. The topological polar surface area (TPSA) is 47.3 Å². The standard InChI is InChI=1S/C9H20N2O/c1-2-11-9(8-10)4-3-6-12-7-5-9/h11H,2-8,10H2,1H3. The monoisotopic (exact) mass is 172 g/mol. The molecule has 1 fully saturated rings. The fourth-order valence-electron chi connectivity index (χ4n) is 1.84. The van der Waals surface area contributed by atoms with Crippen molar-refractivity contribution >= 4 is 0 Å². The summed E-state index contributed by atoms with van der Waals surface area (Å²) in [5.41, 5.74) is 5.93. The summed E-state index contributed by atoms with van der Waals surface area (Å²) < 4.78 is 5.40. The first-order chi connectivity index (χ1) is 5.83. The summed E-state index contributed by atoms with van der Waals surface area (Å²) in [4.78, 5) is 0. The Bertz CT molecular complexity index is 120. The van der Waals surface area contributed by atoms with Crippen molar-refractivity contribution < 1.29 is 4.74 Å². The van der Waals surface area contributed by atoms with Crippen LogP contribution >= 0.6 is 0 Å². The highest BCUT2D eigenvalue weighted by atomic mass is 16.5. The van der Waals surface area contributed by atoms with Crippen LogP contribution in [0.25, 0.3) is 0 Å². The molecule has 1 aliphatic rings. The first-order valence-corrected chi connectivity index (χ1v) is 4.86. The third-order valence-electron chi connectivity index (χ3n) is 2.61. The first kappa shape index (κ1) is 9.96. The summed E-state index contributed by atoms with van der Waals surface area (Å²) in [7, 11) is 0. The number of nitrogens with one attached hydrogen (secondary N) is 1. The minimum absolute atomic E-state index is 0.158. The van der Waals surface area contributed by atoms with E-state index in [0.717, 1.165) is 45.6 Å². The zero-order chi connectivity index (χ0) is 8.86. The molecule has 3 heteroatoms. The summed E-state index contributed by atoms with van der Waals surface area (Å²) in [5, 5.41) is 3.48. The summed E-state index contributed by atoms with van der Waals surface area (Å²) >= 11 is 0. The van der Waals surface area contributed by atoms with E-state index in [2.05, 4.69) is 12.2 Å². The van der Waals surface area contributed by atoms with Crippen molar-refractivity contribution in [3.8, 4) is 0 Å². The fraction of sp³-hybridized carbons (Fsp3) is 1.00. The van der Waals surface area contributed by atoms with Gasteiger partial charge in [-0.05, 0) is 25.8 Å². The van der Waals surface area contributed by atoms with Gasteiger partial charge >= 0.3 is 0 Å².